The molecule has 0 fully saturated rings. The number of anilines is 1. The van der Waals surface area contributed by atoms with Crippen molar-refractivity contribution in [2.24, 2.45) is 5.18 Å². The second-order valence-corrected chi connectivity index (χ2v) is 5.18. The Morgan fingerprint density at radius 3 is 2.77 bits per heavy atom. The van der Waals surface area contributed by atoms with Gasteiger partial charge in [-0.15, -0.1) is 4.91 Å². The van der Waals surface area contributed by atoms with Gasteiger partial charge in [-0.25, -0.2) is 4.39 Å². The van der Waals surface area contributed by atoms with Gasteiger partial charge in [-0.05, 0) is 35.0 Å². The molecule has 4 rings (SSSR count). The van der Waals surface area contributed by atoms with Crippen molar-refractivity contribution >= 4 is 28.2 Å². The third-order valence-corrected chi connectivity index (χ3v) is 3.93. The fourth-order valence-electron chi connectivity index (χ4n) is 2.97. The molecule has 1 aromatic heterocycles. The standard InChI is InChI=1S/C16H10FN3O2/c17-8-5-6-12-10(7-8)13(16(21)19-12)15-14(20-22)9-3-1-2-4-11(9)18-15/h1-7,13,18H,(H,19,21). The van der Waals surface area contributed by atoms with Crippen LogP contribution in [0.3, 0.4) is 0 Å². The van der Waals surface area contributed by atoms with E-state index in [0.717, 1.165) is 0 Å². The highest BCUT2D eigenvalue weighted by Gasteiger charge is 2.36. The number of nitroso groups, excluding NO2 is 1. The molecular weight excluding hydrogens is 285 g/mol. The number of nitrogens with zero attached hydrogens (tertiary/aromatic N) is 1. The molecule has 1 unspecified atom stereocenters. The van der Waals surface area contributed by atoms with E-state index >= 15 is 0 Å². The zero-order valence-corrected chi connectivity index (χ0v) is 11.3. The third-order valence-electron chi connectivity index (χ3n) is 3.93. The number of hydrogen-bond donors (Lipinski definition) is 2. The fraction of sp³-hybridized carbons (Fsp3) is 0.0625. The second-order valence-electron chi connectivity index (χ2n) is 5.18. The van der Waals surface area contributed by atoms with Crippen molar-refractivity contribution in [2.75, 3.05) is 5.32 Å². The number of benzene rings is 2. The average molecular weight is 295 g/mol. The third kappa shape index (κ3) is 1.67. The Bertz CT molecular complexity index is 932. The van der Waals surface area contributed by atoms with Gasteiger partial charge in [0.2, 0.25) is 5.91 Å². The van der Waals surface area contributed by atoms with E-state index in [1.807, 2.05) is 6.07 Å². The van der Waals surface area contributed by atoms with Crippen LogP contribution in [0.15, 0.2) is 47.6 Å². The van der Waals surface area contributed by atoms with Crippen LogP contribution in [0.1, 0.15) is 17.2 Å². The highest BCUT2D eigenvalue weighted by molar-refractivity contribution is 6.07. The maximum atomic E-state index is 13.5. The van der Waals surface area contributed by atoms with E-state index in [9.17, 15) is 14.1 Å². The maximum Gasteiger partial charge on any atom is 0.238 e. The van der Waals surface area contributed by atoms with E-state index < -0.39 is 11.7 Å². The summed E-state index contributed by atoms with van der Waals surface area (Å²) in [6.07, 6.45) is 0. The number of fused-ring (bicyclic) bond motifs is 2. The summed E-state index contributed by atoms with van der Waals surface area (Å²) >= 11 is 0. The molecule has 108 valence electrons. The first-order chi connectivity index (χ1) is 10.7. The Morgan fingerprint density at radius 1 is 1.14 bits per heavy atom. The number of amides is 1. The largest absolute Gasteiger partial charge is 0.356 e. The molecular formula is C16H10FN3O2. The van der Waals surface area contributed by atoms with Crippen molar-refractivity contribution < 1.29 is 9.18 Å². The minimum Gasteiger partial charge on any atom is -0.356 e. The Kier molecular flexibility index (Phi) is 2.59. The monoisotopic (exact) mass is 295 g/mol. The van der Waals surface area contributed by atoms with Crippen molar-refractivity contribution in [3.8, 4) is 0 Å². The molecule has 0 saturated carbocycles. The van der Waals surface area contributed by atoms with Crippen molar-refractivity contribution in [3.63, 3.8) is 0 Å². The molecule has 6 heteroatoms. The molecule has 1 amide bonds. The average Bonchev–Trinajstić information content (AvgIpc) is 3.03. The summed E-state index contributed by atoms with van der Waals surface area (Å²) in [5, 5.41) is 6.42. The number of hydrogen-bond acceptors (Lipinski definition) is 3. The van der Waals surface area contributed by atoms with Gasteiger partial charge in [0.1, 0.15) is 17.4 Å². The minimum atomic E-state index is -0.772. The molecule has 2 N–H and O–H groups in total. The lowest BCUT2D eigenvalue weighted by Gasteiger charge is -2.07. The Balaban J connectivity index is 1.98. The van der Waals surface area contributed by atoms with Crippen LogP contribution < -0.4 is 5.32 Å². The highest BCUT2D eigenvalue weighted by atomic mass is 19.1. The molecule has 2 heterocycles. The van der Waals surface area contributed by atoms with E-state index in [1.165, 1.54) is 18.2 Å². The van der Waals surface area contributed by atoms with Gasteiger partial charge in [-0.3, -0.25) is 4.79 Å². The van der Waals surface area contributed by atoms with Gasteiger partial charge in [-0.1, -0.05) is 18.2 Å². The fourth-order valence-corrected chi connectivity index (χ4v) is 2.97. The zero-order chi connectivity index (χ0) is 15.3. The predicted octanol–water partition coefficient (Wildman–Crippen LogP) is 3.79. The molecule has 0 aliphatic carbocycles. The number of aromatic amines is 1. The molecule has 0 radical (unpaired) electrons. The molecule has 5 nitrogen and oxygen atoms in total. The lowest BCUT2D eigenvalue weighted by Crippen LogP contribution is -2.13. The molecule has 0 bridgehead atoms. The molecule has 1 atom stereocenters. The van der Waals surface area contributed by atoms with Crippen molar-refractivity contribution in [2.45, 2.75) is 5.92 Å². The summed E-state index contributed by atoms with van der Waals surface area (Å²) in [4.78, 5) is 26.6. The minimum absolute atomic E-state index is 0.188. The van der Waals surface area contributed by atoms with Crippen molar-refractivity contribution in [1.29, 1.82) is 0 Å². The predicted molar refractivity (Wildman–Crippen MR) is 80.6 cm³/mol. The summed E-state index contributed by atoms with van der Waals surface area (Å²) < 4.78 is 13.5. The zero-order valence-electron chi connectivity index (χ0n) is 11.3. The lowest BCUT2D eigenvalue weighted by molar-refractivity contribution is -0.116. The smallest absolute Gasteiger partial charge is 0.238 e. The molecule has 1 aliphatic rings. The van der Waals surface area contributed by atoms with Gasteiger partial charge in [0.05, 0.1) is 5.69 Å². The first-order valence-electron chi connectivity index (χ1n) is 6.73. The van der Waals surface area contributed by atoms with Gasteiger partial charge < -0.3 is 10.3 Å². The SMILES string of the molecule is O=Nc1c(C2C(=O)Nc3ccc(F)cc32)[nH]c2ccccc12. The van der Waals surface area contributed by atoms with Crippen LogP contribution in [0.5, 0.6) is 0 Å². The van der Waals surface area contributed by atoms with Crippen LogP contribution in [-0.4, -0.2) is 10.9 Å². The molecule has 0 spiro atoms. The number of aromatic nitrogens is 1. The van der Waals surface area contributed by atoms with Gasteiger partial charge >= 0.3 is 0 Å². The van der Waals surface area contributed by atoms with Crippen molar-refractivity contribution in [1.82, 2.24) is 4.98 Å². The number of H-pyrrole nitrogens is 1. The first kappa shape index (κ1) is 12.7. The number of carbonyl (C=O) groups is 1. The molecule has 3 aromatic rings. The van der Waals surface area contributed by atoms with Crippen LogP contribution in [0, 0.1) is 10.7 Å². The van der Waals surface area contributed by atoms with E-state index in [4.69, 9.17) is 0 Å². The van der Waals surface area contributed by atoms with Gasteiger partial charge in [-0.2, -0.15) is 0 Å². The summed E-state index contributed by atoms with van der Waals surface area (Å²) in [7, 11) is 0. The van der Waals surface area contributed by atoms with Gasteiger partial charge in [0, 0.05) is 16.6 Å². The number of nitrogens with one attached hydrogen (secondary N) is 2. The first-order valence-corrected chi connectivity index (χ1v) is 6.73. The second kappa shape index (κ2) is 4.49. The Morgan fingerprint density at radius 2 is 1.95 bits per heavy atom. The molecule has 1 aliphatic heterocycles. The van der Waals surface area contributed by atoms with E-state index in [-0.39, 0.29) is 11.6 Å². The summed E-state index contributed by atoms with van der Waals surface area (Å²) in [5.74, 6) is -1.51. The number of rotatable bonds is 2. The number of halogens is 1. The summed E-state index contributed by atoms with van der Waals surface area (Å²) in [6.45, 7) is 0. The Labute approximate surface area is 124 Å². The van der Waals surface area contributed by atoms with Crippen LogP contribution >= 0.6 is 0 Å². The van der Waals surface area contributed by atoms with Gasteiger partial charge in [0.25, 0.3) is 0 Å². The highest BCUT2D eigenvalue weighted by Crippen LogP contribution is 2.43. The van der Waals surface area contributed by atoms with E-state index in [0.29, 0.717) is 27.8 Å². The van der Waals surface area contributed by atoms with Crippen LogP contribution in [0.25, 0.3) is 10.9 Å². The summed E-state index contributed by atoms with van der Waals surface area (Å²) in [6, 6.07) is 11.3. The number of para-hydroxylation sites is 1. The summed E-state index contributed by atoms with van der Waals surface area (Å²) in [5.41, 5.74) is 2.34. The van der Waals surface area contributed by atoms with Gasteiger partial charge in [0.15, 0.2) is 0 Å². The van der Waals surface area contributed by atoms with E-state index in [2.05, 4.69) is 15.5 Å². The normalized spacial score (nSPS) is 16.6. The molecule has 22 heavy (non-hydrogen) atoms. The van der Waals surface area contributed by atoms with Crippen LogP contribution in [0.4, 0.5) is 15.8 Å². The quantitative estimate of drug-likeness (QED) is 0.706. The Hall–Kier alpha value is -3.02. The van der Waals surface area contributed by atoms with Crippen molar-refractivity contribution in [3.05, 3.63) is 64.4 Å². The topological polar surface area (TPSA) is 74.3 Å². The number of carbonyl (C=O) groups excluding carboxylic acids is 1. The van der Waals surface area contributed by atoms with Crippen LogP contribution in [-0.2, 0) is 4.79 Å². The van der Waals surface area contributed by atoms with Crippen LogP contribution in [0.2, 0.25) is 0 Å². The van der Waals surface area contributed by atoms with E-state index in [1.54, 1.807) is 18.2 Å². The molecule has 2 aromatic carbocycles. The molecule has 0 saturated heterocycles. The lowest BCUT2D eigenvalue weighted by atomic mass is 9.96. The maximum absolute atomic E-state index is 13.5.